The highest BCUT2D eigenvalue weighted by Crippen LogP contribution is 2.30. The largest absolute Gasteiger partial charge is 0.494 e. The van der Waals surface area contributed by atoms with Gasteiger partial charge < -0.3 is 15.0 Å². The van der Waals surface area contributed by atoms with Gasteiger partial charge in [0.1, 0.15) is 17.3 Å². The number of amides is 1. The first-order chi connectivity index (χ1) is 14.5. The van der Waals surface area contributed by atoms with Gasteiger partial charge in [-0.15, -0.1) is 0 Å². The minimum atomic E-state index is -0.494. The Morgan fingerprint density at radius 1 is 1.20 bits per heavy atom. The molecule has 0 atom stereocenters. The number of nitrogens with one attached hydrogen (secondary N) is 2. The van der Waals surface area contributed by atoms with E-state index in [9.17, 15) is 9.18 Å². The molecule has 152 valence electrons. The van der Waals surface area contributed by atoms with Crippen LogP contribution in [-0.2, 0) is 6.42 Å². The van der Waals surface area contributed by atoms with Crippen LogP contribution in [0.2, 0.25) is 5.02 Å². The second kappa shape index (κ2) is 8.51. The second-order valence-corrected chi connectivity index (χ2v) is 7.03. The number of fused-ring (bicyclic) bond motifs is 1. The van der Waals surface area contributed by atoms with Gasteiger partial charge in [-0.1, -0.05) is 11.6 Å². The Morgan fingerprint density at radius 2 is 2.07 bits per heavy atom. The lowest BCUT2D eigenvalue weighted by molar-refractivity contribution is 0.0954. The normalized spacial score (nSPS) is 10.9. The molecule has 0 aliphatic heterocycles. The number of pyridine rings is 1. The average molecular weight is 425 g/mol. The number of ether oxygens (including phenoxy) is 1. The molecule has 0 unspecified atom stereocenters. The molecule has 2 N–H and O–H groups in total. The third-order valence-corrected chi connectivity index (χ3v) is 4.97. The number of hydrogen-bond donors (Lipinski definition) is 2. The number of imidazole rings is 1. The maximum Gasteiger partial charge on any atom is 0.251 e. The summed E-state index contributed by atoms with van der Waals surface area (Å²) in [5.74, 6) is -0.115. The molecule has 1 amide bonds. The lowest BCUT2D eigenvalue weighted by Gasteiger charge is -2.11. The fraction of sp³-hybridized carbons (Fsp3) is 0.136. The zero-order chi connectivity index (χ0) is 21.1. The second-order valence-electron chi connectivity index (χ2n) is 6.62. The molecule has 0 fully saturated rings. The molecule has 0 bridgehead atoms. The molecular formula is C22H18ClFN4O2. The van der Waals surface area contributed by atoms with Gasteiger partial charge in [-0.05, 0) is 48.5 Å². The van der Waals surface area contributed by atoms with Crippen molar-refractivity contribution in [3.8, 4) is 17.0 Å². The highest BCUT2D eigenvalue weighted by molar-refractivity contribution is 6.31. The summed E-state index contributed by atoms with van der Waals surface area (Å²) < 4.78 is 18.9. The lowest BCUT2D eigenvalue weighted by Crippen LogP contribution is -2.25. The van der Waals surface area contributed by atoms with Crippen LogP contribution in [0.5, 0.6) is 5.75 Å². The summed E-state index contributed by atoms with van der Waals surface area (Å²) >= 11 is 5.91. The number of halogens is 2. The molecule has 0 saturated heterocycles. The van der Waals surface area contributed by atoms with Gasteiger partial charge >= 0.3 is 0 Å². The van der Waals surface area contributed by atoms with E-state index in [1.165, 1.54) is 12.1 Å². The Labute approximate surface area is 177 Å². The van der Waals surface area contributed by atoms with Gasteiger partial charge in [-0.25, -0.2) is 14.4 Å². The van der Waals surface area contributed by atoms with Gasteiger partial charge in [0.2, 0.25) is 0 Å². The van der Waals surface area contributed by atoms with Crippen molar-refractivity contribution in [2.75, 3.05) is 13.7 Å². The Hall–Kier alpha value is -3.45. The highest BCUT2D eigenvalue weighted by atomic mass is 35.5. The maximum atomic E-state index is 13.5. The van der Waals surface area contributed by atoms with Gasteiger partial charge in [-0.3, -0.25) is 4.79 Å². The Morgan fingerprint density at radius 3 is 2.87 bits per heavy atom. The van der Waals surface area contributed by atoms with Gasteiger partial charge in [0.05, 0.1) is 29.5 Å². The number of hydrogen-bond acceptors (Lipinski definition) is 4. The van der Waals surface area contributed by atoms with E-state index in [-0.39, 0.29) is 10.9 Å². The first kappa shape index (κ1) is 19.8. The monoisotopic (exact) mass is 424 g/mol. The first-order valence-corrected chi connectivity index (χ1v) is 9.63. The first-order valence-electron chi connectivity index (χ1n) is 9.26. The Kier molecular flexibility index (Phi) is 5.63. The molecule has 0 aliphatic carbocycles. The van der Waals surface area contributed by atoms with Crippen molar-refractivity contribution in [1.29, 1.82) is 0 Å². The zero-order valence-electron chi connectivity index (χ0n) is 16.1. The molecule has 6 nitrogen and oxygen atoms in total. The van der Waals surface area contributed by atoms with Crippen LogP contribution in [0.3, 0.4) is 0 Å². The van der Waals surface area contributed by atoms with Crippen LogP contribution >= 0.6 is 11.6 Å². The smallest absolute Gasteiger partial charge is 0.251 e. The van der Waals surface area contributed by atoms with E-state index in [0.29, 0.717) is 35.5 Å². The molecule has 2 aromatic heterocycles. The van der Waals surface area contributed by atoms with Gasteiger partial charge in [0.25, 0.3) is 5.91 Å². The van der Waals surface area contributed by atoms with Crippen LogP contribution in [0.25, 0.3) is 22.3 Å². The third-order valence-electron chi connectivity index (χ3n) is 4.68. The SMILES string of the molecule is COc1ccc(CCNC(=O)c2ccc3nc[nH]c3c2)nc1-c1ccc(F)c(Cl)c1. The van der Waals surface area contributed by atoms with Crippen molar-refractivity contribution < 1.29 is 13.9 Å². The van der Waals surface area contributed by atoms with Crippen molar-refractivity contribution in [3.63, 3.8) is 0 Å². The summed E-state index contributed by atoms with van der Waals surface area (Å²) in [4.78, 5) is 24.2. The number of aromatic nitrogens is 3. The molecule has 0 saturated carbocycles. The summed E-state index contributed by atoms with van der Waals surface area (Å²) in [7, 11) is 1.54. The van der Waals surface area contributed by atoms with Crippen LogP contribution in [0.4, 0.5) is 4.39 Å². The van der Waals surface area contributed by atoms with Crippen molar-refractivity contribution in [2.45, 2.75) is 6.42 Å². The average Bonchev–Trinajstić information content (AvgIpc) is 3.23. The maximum absolute atomic E-state index is 13.5. The zero-order valence-corrected chi connectivity index (χ0v) is 16.8. The van der Waals surface area contributed by atoms with E-state index in [1.807, 2.05) is 6.07 Å². The molecule has 0 radical (unpaired) electrons. The van der Waals surface area contributed by atoms with Crippen LogP contribution < -0.4 is 10.1 Å². The standard InChI is InChI=1S/C22H18ClFN4O2/c1-30-20-7-4-15(28-21(20)13-2-5-17(24)16(23)10-13)8-9-25-22(29)14-3-6-18-19(11-14)27-12-26-18/h2-7,10-12H,8-9H2,1H3,(H,25,29)(H,26,27). The van der Waals surface area contributed by atoms with Crippen molar-refractivity contribution in [1.82, 2.24) is 20.3 Å². The van der Waals surface area contributed by atoms with Gasteiger partial charge in [-0.2, -0.15) is 0 Å². The number of carbonyl (C=O) groups excluding carboxylic acids is 1. The molecule has 30 heavy (non-hydrogen) atoms. The number of H-pyrrole nitrogens is 1. The Bertz CT molecular complexity index is 1220. The van der Waals surface area contributed by atoms with Crippen molar-refractivity contribution in [2.24, 2.45) is 0 Å². The van der Waals surface area contributed by atoms with E-state index in [0.717, 1.165) is 16.7 Å². The fourth-order valence-electron chi connectivity index (χ4n) is 3.12. The third kappa shape index (κ3) is 4.11. The van der Waals surface area contributed by atoms with E-state index in [4.69, 9.17) is 16.3 Å². The molecular weight excluding hydrogens is 407 g/mol. The minimum Gasteiger partial charge on any atom is -0.494 e. The molecule has 4 rings (SSSR count). The Balaban J connectivity index is 1.46. The molecule has 0 aliphatic rings. The van der Waals surface area contributed by atoms with Crippen LogP contribution in [0.15, 0.2) is 54.9 Å². The predicted octanol–water partition coefficient (Wildman–Crippen LogP) is 4.40. The van der Waals surface area contributed by atoms with E-state index in [1.54, 1.807) is 43.8 Å². The minimum absolute atomic E-state index is 0.0169. The topological polar surface area (TPSA) is 79.9 Å². The number of methoxy groups -OCH3 is 1. The van der Waals surface area contributed by atoms with Crippen LogP contribution in [0, 0.1) is 5.82 Å². The van der Waals surface area contributed by atoms with Gasteiger partial charge in [0.15, 0.2) is 0 Å². The van der Waals surface area contributed by atoms with Crippen LogP contribution in [-0.4, -0.2) is 34.5 Å². The summed E-state index contributed by atoms with van der Waals surface area (Å²) in [5.41, 5.74) is 4.14. The summed E-state index contributed by atoms with van der Waals surface area (Å²) in [5, 5.41) is 2.91. The van der Waals surface area contributed by atoms with Crippen molar-refractivity contribution >= 4 is 28.5 Å². The number of carbonyl (C=O) groups is 1. The number of benzene rings is 2. The lowest BCUT2D eigenvalue weighted by atomic mass is 10.1. The van der Waals surface area contributed by atoms with E-state index < -0.39 is 5.82 Å². The summed E-state index contributed by atoms with van der Waals surface area (Å²) in [6, 6.07) is 13.3. The number of rotatable bonds is 6. The number of nitrogens with zero attached hydrogens (tertiary/aromatic N) is 2. The number of aromatic amines is 1. The van der Waals surface area contributed by atoms with Gasteiger partial charge in [0, 0.05) is 29.8 Å². The summed E-state index contributed by atoms with van der Waals surface area (Å²) in [6.45, 7) is 0.406. The van der Waals surface area contributed by atoms with E-state index >= 15 is 0 Å². The van der Waals surface area contributed by atoms with Crippen molar-refractivity contribution in [3.05, 3.63) is 77.0 Å². The molecule has 4 aromatic rings. The molecule has 0 spiro atoms. The quantitative estimate of drug-likeness (QED) is 0.481. The highest BCUT2D eigenvalue weighted by Gasteiger charge is 2.12. The van der Waals surface area contributed by atoms with E-state index in [2.05, 4.69) is 20.3 Å². The molecule has 8 heteroatoms. The molecule has 2 aromatic carbocycles. The van der Waals surface area contributed by atoms with Crippen LogP contribution in [0.1, 0.15) is 16.1 Å². The predicted molar refractivity (Wildman–Crippen MR) is 113 cm³/mol. The fourth-order valence-corrected chi connectivity index (χ4v) is 3.30. The summed E-state index contributed by atoms with van der Waals surface area (Å²) in [6.07, 6.45) is 2.11. The molecule has 2 heterocycles.